The molecule has 10 heavy (non-hydrogen) atoms. The van der Waals surface area contributed by atoms with E-state index in [1.165, 1.54) is 0 Å². The Labute approximate surface area is 66.2 Å². The molecular formula is C6H12ClNO2. The van der Waals surface area contributed by atoms with Gasteiger partial charge in [-0.1, -0.05) is 13.8 Å². The van der Waals surface area contributed by atoms with Crippen molar-refractivity contribution in [2.75, 3.05) is 6.54 Å². The minimum Gasteiger partial charge on any atom is -0.480 e. The second-order valence-electron chi connectivity index (χ2n) is 3.14. The van der Waals surface area contributed by atoms with Crippen LogP contribution in [0.1, 0.15) is 13.8 Å². The third kappa shape index (κ3) is 1.41. The van der Waals surface area contributed by atoms with E-state index in [1.54, 1.807) is 0 Å². The third-order valence-electron chi connectivity index (χ3n) is 1.79. The highest BCUT2D eigenvalue weighted by Crippen LogP contribution is 2.27. The Morgan fingerprint density at radius 2 is 2.20 bits per heavy atom. The number of nitrogens with one attached hydrogen (secondary N) is 1. The van der Waals surface area contributed by atoms with Crippen LogP contribution in [-0.2, 0) is 4.79 Å². The third-order valence-corrected chi connectivity index (χ3v) is 1.79. The number of halogens is 1. The Balaban J connectivity index is 0.000000810. The Hall–Kier alpha value is -0.280. The first-order valence-electron chi connectivity index (χ1n) is 3.00. The van der Waals surface area contributed by atoms with E-state index in [1.807, 2.05) is 13.8 Å². The predicted octanol–water partition coefficient (Wildman–Crippen LogP) is 0.491. The summed E-state index contributed by atoms with van der Waals surface area (Å²) in [7, 11) is 0. The number of aliphatic carboxylic acids is 1. The monoisotopic (exact) mass is 165 g/mol. The summed E-state index contributed by atoms with van der Waals surface area (Å²) in [4.78, 5) is 10.3. The number of hydrogen-bond donors (Lipinski definition) is 2. The molecule has 2 N–H and O–H groups in total. The van der Waals surface area contributed by atoms with Crippen LogP contribution in [0.15, 0.2) is 0 Å². The molecule has 60 valence electrons. The summed E-state index contributed by atoms with van der Waals surface area (Å²) in [5.74, 6) is -0.744. The minimum atomic E-state index is -0.744. The van der Waals surface area contributed by atoms with Gasteiger partial charge in [-0.3, -0.25) is 4.79 Å². The average Bonchev–Trinajstić information content (AvgIpc) is 1.62. The van der Waals surface area contributed by atoms with Gasteiger partial charge in [0.15, 0.2) is 0 Å². The van der Waals surface area contributed by atoms with Gasteiger partial charge in [-0.2, -0.15) is 0 Å². The largest absolute Gasteiger partial charge is 0.480 e. The molecule has 1 aliphatic heterocycles. The van der Waals surface area contributed by atoms with Gasteiger partial charge in [0, 0.05) is 12.0 Å². The van der Waals surface area contributed by atoms with Crippen molar-refractivity contribution in [1.29, 1.82) is 0 Å². The topological polar surface area (TPSA) is 49.3 Å². The molecule has 0 unspecified atom stereocenters. The molecule has 0 bridgehead atoms. The summed E-state index contributed by atoms with van der Waals surface area (Å²) in [5, 5.41) is 11.3. The molecular weight excluding hydrogens is 154 g/mol. The van der Waals surface area contributed by atoms with Gasteiger partial charge in [-0.25, -0.2) is 0 Å². The molecule has 4 heteroatoms. The fourth-order valence-corrected chi connectivity index (χ4v) is 1.03. The van der Waals surface area contributed by atoms with Crippen LogP contribution >= 0.6 is 12.4 Å². The summed E-state index contributed by atoms with van der Waals surface area (Å²) in [6, 6.07) is -0.336. The lowest BCUT2D eigenvalue weighted by Crippen LogP contribution is -2.63. The van der Waals surface area contributed by atoms with E-state index in [0.717, 1.165) is 6.54 Å². The van der Waals surface area contributed by atoms with Crippen molar-refractivity contribution in [3.05, 3.63) is 0 Å². The van der Waals surface area contributed by atoms with Crippen LogP contribution in [-0.4, -0.2) is 23.7 Å². The van der Waals surface area contributed by atoms with Gasteiger partial charge in [-0.05, 0) is 0 Å². The molecule has 1 saturated heterocycles. The predicted molar refractivity (Wildman–Crippen MR) is 40.5 cm³/mol. The smallest absolute Gasteiger partial charge is 0.321 e. The van der Waals surface area contributed by atoms with Crippen LogP contribution in [0.5, 0.6) is 0 Å². The molecule has 0 radical (unpaired) electrons. The van der Waals surface area contributed by atoms with Gasteiger partial charge in [0.1, 0.15) is 6.04 Å². The lowest BCUT2D eigenvalue weighted by atomic mass is 9.77. The van der Waals surface area contributed by atoms with Crippen LogP contribution < -0.4 is 5.32 Å². The van der Waals surface area contributed by atoms with Crippen molar-refractivity contribution in [2.24, 2.45) is 5.41 Å². The molecule has 3 nitrogen and oxygen atoms in total. The van der Waals surface area contributed by atoms with Gasteiger partial charge in [0.05, 0.1) is 0 Å². The Morgan fingerprint density at radius 1 is 1.70 bits per heavy atom. The molecule has 1 fully saturated rings. The van der Waals surface area contributed by atoms with E-state index in [0.29, 0.717) is 0 Å². The fraction of sp³-hybridized carbons (Fsp3) is 0.833. The van der Waals surface area contributed by atoms with E-state index < -0.39 is 5.97 Å². The molecule has 0 aromatic carbocycles. The Bertz CT molecular complexity index is 147. The quantitative estimate of drug-likeness (QED) is 0.595. The summed E-state index contributed by atoms with van der Waals surface area (Å²) in [6.07, 6.45) is 0. The van der Waals surface area contributed by atoms with E-state index in [9.17, 15) is 4.79 Å². The molecule has 0 saturated carbocycles. The number of carboxylic acid groups (broad SMARTS) is 1. The normalized spacial score (nSPS) is 28.0. The highest BCUT2D eigenvalue weighted by atomic mass is 35.5. The maximum absolute atomic E-state index is 10.3. The van der Waals surface area contributed by atoms with Crippen LogP contribution in [0.25, 0.3) is 0 Å². The molecule has 1 rings (SSSR count). The van der Waals surface area contributed by atoms with Gasteiger partial charge < -0.3 is 10.4 Å². The van der Waals surface area contributed by atoms with E-state index in [2.05, 4.69) is 5.32 Å². The van der Waals surface area contributed by atoms with Gasteiger partial charge in [0.2, 0.25) is 0 Å². The average molecular weight is 166 g/mol. The highest BCUT2D eigenvalue weighted by Gasteiger charge is 2.42. The lowest BCUT2D eigenvalue weighted by molar-refractivity contribution is -0.146. The molecule has 1 aliphatic rings. The summed E-state index contributed by atoms with van der Waals surface area (Å²) in [5.41, 5.74) is -0.0498. The van der Waals surface area contributed by atoms with Crippen LogP contribution in [0.3, 0.4) is 0 Å². The Morgan fingerprint density at radius 3 is 2.20 bits per heavy atom. The second kappa shape index (κ2) is 2.76. The first-order valence-corrected chi connectivity index (χ1v) is 3.00. The molecule has 0 aromatic heterocycles. The van der Waals surface area contributed by atoms with E-state index >= 15 is 0 Å². The van der Waals surface area contributed by atoms with E-state index in [4.69, 9.17) is 5.11 Å². The van der Waals surface area contributed by atoms with E-state index in [-0.39, 0.29) is 23.9 Å². The van der Waals surface area contributed by atoms with Crippen LogP contribution in [0.2, 0.25) is 0 Å². The van der Waals surface area contributed by atoms with Gasteiger partial charge in [0.25, 0.3) is 0 Å². The number of hydrogen-bond acceptors (Lipinski definition) is 2. The summed E-state index contributed by atoms with van der Waals surface area (Å²) >= 11 is 0. The summed E-state index contributed by atoms with van der Waals surface area (Å²) < 4.78 is 0. The van der Waals surface area contributed by atoms with Crippen LogP contribution in [0, 0.1) is 5.41 Å². The molecule has 0 amide bonds. The maximum Gasteiger partial charge on any atom is 0.321 e. The number of carboxylic acids is 1. The zero-order valence-electron chi connectivity index (χ0n) is 6.05. The zero-order chi connectivity index (χ0) is 7.07. The Kier molecular flexibility index (Phi) is 2.68. The standard InChI is InChI=1S/C6H11NO2.ClH/c1-6(2)3-7-4(6)5(8)9;/h4,7H,3H2,1-2H3,(H,8,9);1H/t4-;/m1./s1. The lowest BCUT2D eigenvalue weighted by Gasteiger charge is -2.42. The molecule has 1 atom stereocenters. The number of carbonyl (C=O) groups is 1. The number of rotatable bonds is 1. The fourth-order valence-electron chi connectivity index (χ4n) is 1.03. The second-order valence-corrected chi connectivity index (χ2v) is 3.14. The zero-order valence-corrected chi connectivity index (χ0v) is 6.86. The van der Waals surface area contributed by atoms with Gasteiger partial charge >= 0.3 is 5.97 Å². The molecule has 0 aromatic rings. The first kappa shape index (κ1) is 9.72. The van der Waals surface area contributed by atoms with Crippen molar-refractivity contribution < 1.29 is 9.90 Å². The van der Waals surface area contributed by atoms with Crippen LogP contribution in [0.4, 0.5) is 0 Å². The van der Waals surface area contributed by atoms with Crippen molar-refractivity contribution in [3.8, 4) is 0 Å². The summed E-state index contributed by atoms with van der Waals surface area (Å²) in [6.45, 7) is 4.70. The molecule has 0 spiro atoms. The SMILES string of the molecule is CC1(C)CN[C@@H]1C(=O)O.Cl. The molecule has 1 heterocycles. The maximum atomic E-state index is 10.3. The van der Waals surface area contributed by atoms with Gasteiger partial charge in [-0.15, -0.1) is 12.4 Å². The molecule has 0 aliphatic carbocycles. The van der Waals surface area contributed by atoms with Crippen molar-refractivity contribution >= 4 is 18.4 Å². The van der Waals surface area contributed by atoms with Crippen molar-refractivity contribution in [2.45, 2.75) is 19.9 Å². The highest BCUT2D eigenvalue weighted by molar-refractivity contribution is 5.85. The van der Waals surface area contributed by atoms with Crippen molar-refractivity contribution in [1.82, 2.24) is 5.32 Å². The minimum absolute atomic E-state index is 0. The first-order chi connectivity index (χ1) is 4.04. The van der Waals surface area contributed by atoms with Crippen molar-refractivity contribution in [3.63, 3.8) is 0 Å².